The van der Waals surface area contributed by atoms with Crippen LogP contribution in [0, 0.1) is 11.8 Å². The Morgan fingerprint density at radius 1 is 1.12 bits per heavy atom. The van der Waals surface area contributed by atoms with Crippen molar-refractivity contribution in [2.24, 2.45) is 11.8 Å². The number of carbonyl (C=O) groups excluding carboxylic acids is 3. The van der Waals surface area contributed by atoms with Crippen molar-refractivity contribution in [2.75, 3.05) is 12.4 Å². The van der Waals surface area contributed by atoms with Gasteiger partial charge in [-0.3, -0.25) is 9.59 Å². The van der Waals surface area contributed by atoms with Gasteiger partial charge in [-0.25, -0.2) is 4.79 Å². The highest BCUT2D eigenvalue weighted by Gasteiger charge is 2.33. The average molecular weight is 597 g/mol. The van der Waals surface area contributed by atoms with Crippen LogP contribution in [-0.4, -0.2) is 64.6 Å². The SMILES string of the molecule is COC1/C=C/C=C/C=C/CC(OC(=O)C(C)NC(=O)C2CC2)C(C)C(O)/C(C)=C\CCc2cc(O)cc(c2O)NC(=O)C1. The molecule has 5 N–H and O–H groups in total. The van der Waals surface area contributed by atoms with Crippen LogP contribution in [0.2, 0.25) is 0 Å². The summed E-state index contributed by atoms with van der Waals surface area (Å²) in [6, 6.07) is 1.90. The van der Waals surface area contributed by atoms with Gasteiger partial charge in [-0.15, -0.1) is 0 Å². The lowest BCUT2D eigenvalue weighted by Gasteiger charge is -2.29. The van der Waals surface area contributed by atoms with Gasteiger partial charge in [0.05, 0.1) is 24.3 Å². The fourth-order valence-corrected chi connectivity index (χ4v) is 4.74. The molecule has 5 atom stereocenters. The van der Waals surface area contributed by atoms with E-state index in [1.54, 1.807) is 51.2 Å². The maximum atomic E-state index is 12.9. The molecule has 1 aromatic rings. The van der Waals surface area contributed by atoms with Crippen molar-refractivity contribution in [2.45, 2.75) is 83.6 Å². The predicted molar refractivity (Wildman–Crippen MR) is 163 cm³/mol. The van der Waals surface area contributed by atoms with Crippen molar-refractivity contribution in [3.63, 3.8) is 0 Å². The molecule has 43 heavy (non-hydrogen) atoms. The quantitative estimate of drug-likeness (QED) is 0.147. The number of phenols is 2. The number of nitrogens with one attached hydrogen (secondary N) is 2. The minimum atomic E-state index is -0.936. The van der Waals surface area contributed by atoms with E-state index in [1.807, 2.05) is 12.2 Å². The van der Waals surface area contributed by atoms with Crippen LogP contribution in [0.5, 0.6) is 11.5 Å². The zero-order valence-corrected chi connectivity index (χ0v) is 25.3. The molecule has 1 aliphatic heterocycles. The molecule has 0 radical (unpaired) electrons. The maximum Gasteiger partial charge on any atom is 0.328 e. The highest BCUT2D eigenvalue weighted by atomic mass is 16.5. The molecule has 1 aromatic carbocycles. The fraction of sp³-hybridized carbons (Fsp3) is 0.485. The predicted octanol–water partition coefficient (Wildman–Crippen LogP) is 4.22. The zero-order chi connectivity index (χ0) is 31.5. The van der Waals surface area contributed by atoms with Crippen molar-refractivity contribution in [3.05, 3.63) is 65.8 Å². The highest BCUT2D eigenvalue weighted by molar-refractivity contribution is 5.93. The first-order chi connectivity index (χ1) is 20.5. The highest BCUT2D eigenvalue weighted by Crippen LogP contribution is 2.34. The van der Waals surface area contributed by atoms with Crippen LogP contribution in [0.4, 0.5) is 5.69 Å². The molecule has 5 unspecified atom stereocenters. The van der Waals surface area contributed by atoms with Crippen molar-refractivity contribution in [1.29, 1.82) is 0 Å². The van der Waals surface area contributed by atoms with Gasteiger partial charge in [-0.2, -0.15) is 0 Å². The number of aromatic hydroxyl groups is 2. The number of phenolic OH excluding ortho intramolecular Hbond substituents is 2. The number of aliphatic hydroxyl groups is 1. The Balaban J connectivity index is 1.84. The fourth-order valence-electron chi connectivity index (χ4n) is 4.74. The van der Waals surface area contributed by atoms with E-state index in [4.69, 9.17) is 9.47 Å². The molecule has 1 fully saturated rings. The van der Waals surface area contributed by atoms with Gasteiger partial charge in [0.25, 0.3) is 0 Å². The number of benzene rings is 1. The normalized spacial score (nSPS) is 28.1. The van der Waals surface area contributed by atoms with Gasteiger partial charge >= 0.3 is 5.97 Å². The van der Waals surface area contributed by atoms with Crippen molar-refractivity contribution < 1.29 is 39.2 Å². The second-order valence-corrected chi connectivity index (χ2v) is 11.2. The number of carbonyl (C=O) groups is 3. The van der Waals surface area contributed by atoms with Crippen molar-refractivity contribution in [3.8, 4) is 11.5 Å². The molecule has 10 nitrogen and oxygen atoms in total. The molecular formula is C33H44N2O8. The summed E-state index contributed by atoms with van der Waals surface area (Å²) in [5.41, 5.74) is 1.18. The van der Waals surface area contributed by atoms with E-state index < -0.39 is 42.1 Å². The van der Waals surface area contributed by atoms with Crippen LogP contribution in [0.25, 0.3) is 0 Å². The Morgan fingerprint density at radius 3 is 2.53 bits per heavy atom. The molecule has 2 aliphatic rings. The lowest BCUT2D eigenvalue weighted by Crippen LogP contribution is -2.43. The number of hydrogen-bond donors (Lipinski definition) is 5. The van der Waals surface area contributed by atoms with Gasteiger partial charge in [0.1, 0.15) is 23.6 Å². The smallest absolute Gasteiger partial charge is 0.328 e. The summed E-state index contributed by atoms with van der Waals surface area (Å²) in [4.78, 5) is 37.7. The summed E-state index contributed by atoms with van der Waals surface area (Å²) in [5.74, 6) is -1.89. The van der Waals surface area contributed by atoms with E-state index in [1.165, 1.54) is 19.2 Å². The Labute approximate surface area is 253 Å². The number of amides is 2. The lowest BCUT2D eigenvalue weighted by molar-refractivity contribution is -0.156. The number of allylic oxidation sites excluding steroid dienone is 5. The van der Waals surface area contributed by atoms with E-state index in [0.717, 1.165) is 12.8 Å². The molecule has 0 saturated heterocycles. The molecule has 3 rings (SSSR count). The molecule has 0 aromatic heterocycles. The second kappa shape index (κ2) is 16.1. The first-order valence-electron chi connectivity index (χ1n) is 14.7. The molecule has 234 valence electrons. The van der Waals surface area contributed by atoms with Crippen LogP contribution in [0.1, 0.15) is 58.4 Å². The van der Waals surface area contributed by atoms with Crippen LogP contribution in [0.3, 0.4) is 0 Å². The van der Waals surface area contributed by atoms with Crippen molar-refractivity contribution >= 4 is 23.5 Å². The third kappa shape index (κ3) is 10.4. The molecule has 0 spiro atoms. The number of esters is 1. The summed E-state index contributed by atoms with van der Waals surface area (Å²) in [6.45, 7) is 5.17. The monoisotopic (exact) mass is 596 g/mol. The summed E-state index contributed by atoms with van der Waals surface area (Å²) in [7, 11) is 1.49. The number of rotatable bonds is 5. The summed E-state index contributed by atoms with van der Waals surface area (Å²) in [6.07, 6.45) is 13.1. The summed E-state index contributed by atoms with van der Waals surface area (Å²) in [5, 5.41) is 37.5. The molecule has 2 amide bonds. The largest absolute Gasteiger partial charge is 0.508 e. The lowest BCUT2D eigenvalue weighted by atomic mass is 9.90. The minimum absolute atomic E-state index is 0.00853. The number of aryl methyl sites for hydroxylation is 1. The van der Waals surface area contributed by atoms with Gasteiger partial charge in [0.2, 0.25) is 11.8 Å². The molecule has 1 heterocycles. The van der Waals surface area contributed by atoms with E-state index in [0.29, 0.717) is 30.4 Å². The summed E-state index contributed by atoms with van der Waals surface area (Å²) >= 11 is 0. The standard InChI is InChI=1S/C33H44N2O8/c1-20-11-10-12-24-17-25(36)18-27(31(24)39)35-29(37)19-26(42-4)13-8-6-5-7-9-14-28(21(2)30(20)38)43-33(41)22(3)34-32(40)23-15-16-23/h5-9,11,13,17-18,21-23,26,28,30,36,38-39H,10,12,14-16,19H2,1-4H3,(H,34,40)(H,35,37)/b6-5+,9-7+,13-8+,20-11-. The molecular weight excluding hydrogens is 552 g/mol. The van der Waals surface area contributed by atoms with Crippen LogP contribution in [0.15, 0.2) is 60.2 Å². The average Bonchev–Trinajstić information content (AvgIpc) is 3.82. The zero-order valence-electron chi connectivity index (χ0n) is 25.3. The third-order valence-electron chi connectivity index (χ3n) is 7.66. The minimum Gasteiger partial charge on any atom is -0.508 e. The maximum absolute atomic E-state index is 12.9. The number of fused-ring (bicyclic) bond motifs is 2. The van der Waals surface area contributed by atoms with Crippen LogP contribution < -0.4 is 10.6 Å². The van der Waals surface area contributed by atoms with E-state index in [2.05, 4.69) is 10.6 Å². The first kappa shape index (κ1) is 33.6. The van der Waals surface area contributed by atoms with Crippen LogP contribution >= 0.6 is 0 Å². The van der Waals surface area contributed by atoms with Gasteiger partial charge < -0.3 is 35.4 Å². The Kier molecular flexibility index (Phi) is 12.6. The van der Waals surface area contributed by atoms with E-state index in [-0.39, 0.29) is 35.4 Å². The number of ether oxygens (including phenoxy) is 2. The van der Waals surface area contributed by atoms with Gasteiger partial charge in [-0.05, 0) is 56.7 Å². The van der Waals surface area contributed by atoms with Gasteiger partial charge in [0, 0.05) is 31.4 Å². The second-order valence-electron chi connectivity index (χ2n) is 11.2. The van der Waals surface area contributed by atoms with Crippen molar-refractivity contribution in [1.82, 2.24) is 5.32 Å². The summed E-state index contributed by atoms with van der Waals surface area (Å²) < 4.78 is 11.2. The Hall–Kier alpha value is -3.89. The number of methoxy groups -OCH3 is 1. The third-order valence-corrected chi connectivity index (χ3v) is 7.66. The van der Waals surface area contributed by atoms with Gasteiger partial charge in [-0.1, -0.05) is 49.5 Å². The number of anilines is 1. The number of hydrogen-bond acceptors (Lipinski definition) is 8. The first-order valence-corrected chi connectivity index (χ1v) is 14.7. The van der Waals surface area contributed by atoms with Crippen LogP contribution in [-0.2, 0) is 30.3 Å². The molecule has 1 saturated carbocycles. The molecule has 10 heteroatoms. The van der Waals surface area contributed by atoms with E-state index >= 15 is 0 Å². The topological polar surface area (TPSA) is 154 Å². The van der Waals surface area contributed by atoms with E-state index in [9.17, 15) is 29.7 Å². The Bertz CT molecular complexity index is 1260. The number of aliphatic hydroxyl groups excluding tert-OH is 1. The molecule has 1 aliphatic carbocycles. The Morgan fingerprint density at radius 2 is 1.84 bits per heavy atom. The molecule has 2 bridgehead atoms. The van der Waals surface area contributed by atoms with Gasteiger partial charge in [0.15, 0.2) is 0 Å².